The number of rotatable bonds is 4. The van der Waals surface area contributed by atoms with E-state index in [1.165, 1.54) is 19.3 Å². The lowest BCUT2D eigenvalue weighted by Crippen LogP contribution is -2.53. The van der Waals surface area contributed by atoms with Crippen LogP contribution in [0.1, 0.15) is 45.4 Å². The van der Waals surface area contributed by atoms with E-state index in [0.29, 0.717) is 18.5 Å². The SMILES string of the molecule is CC(CC(=N)N)N(C)C1CCOC2(CCC2)C1. The fraction of sp³-hybridized carbons (Fsp3) is 0.923. The van der Waals surface area contributed by atoms with E-state index in [2.05, 4.69) is 18.9 Å². The Balaban J connectivity index is 1.90. The molecule has 0 bridgehead atoms. The van der Waals surface area contributed by atoms with Gasteiger partial charge >= 0.3 is 0 Å². The van der Waals surface area contributed by atoms with Crippen LogP contribution in [0, 0.1) is 5.41 Å². The van der Waals surface area contributed by atoms with Crippen LogP contribution in [0.5, 0.6) is 0 Å². The van der Waals surface area contributed by atoms with E-state index in [1.807, 2.05) is 0 Å². The molecular formula is C13H25N3O. The summed E-state index contributed by atoms with van der Waals surface area (Å²) in [4.78, 5) is 2.39. The second kappa shape index (κ2) is 4.94. The van der Waals surface area contributed by atoms with E-state index >= 15 is 0 Å². The van der Waals surface area contributed by atoms with E-state index < -0.39 is 0 Å². The van der Waals surface area contributed by atoms with Crippen LogP contribution >= 0.6 is 0 Å². The predicted molar refractivity (Wildman–Crippen MR) is 69.3 cm³/mol. The number of nitrogens with one attached hydrogen (secondary N) is 1. The van der Waals surface area contributed by atoms with Crippen LogP contribution in [-0.2, 0) is 4.74 Å². The first-order valence-electron chi connectivity index (χ1n) is 6.71. The molecule has 2 unspecified atom stereocenters. The number of nitrogens with two attached hydrogens (primary N) is 1. The van der Waals surface area contributed by atoms with Gasteiger partial charge < -0.3 is 15.4 Å². The van der Waals surface area contributed by atoms with Crippen molar-refractivity contribution in [3.63, 3.8) is 0 Å². The summed E-state index contributed by atoms with van der Waals surface area (Å²) in [7, 11) is 2.16. The van der Waals surface area contributed by atoms with Gasteiger partial charge in [0.2, 0.25) is 0 Å². The Labute approximate surface area is 104 Å². The molecule has 98 valence electrons. The van der Waals surface area contributed by atoms with Crippen LogP contribution in [0.3, 0.4) is 0 Å². The van der Waals surface area contributed by atoms with E-state index in [-0.39, 0.29) is 11.4 Å². The summed E-state index contributed by atoms with van der Waals surface area (Å²) in [5.74, 6) is 0.287. The predicted octanol–water partition coefficient (Wildman–Crippen LogP) is 1.73. The summed E-state index contributed by atoms with van der Waals surface area (Å²) < 4.78 is 5.95. The highest BCUT2D eigenvalue weighted by Gasteiger charge is 2.43. The van der Waals surface area contributed by atoms with Crippen LogP contribution in [0.4, 0.5) is 0 Å². The molecule has 4 heteroatoms. The largest absolute Gasteiger partial charge is 0.388 e. The van der Waals surface area contributed by atoms with Crippen molar-refractivity contribution in [2.45, 2.75) is 63.1 Å². The molecule has 2 aliphatic rings. The molecule has 1 heterocycles. The molecule has 1 spiro atoms. The third-order valence-corrected chi connectivity index (χ3v) is 4.52. The standard InChI is InChI=1S/C13H25N3O/c1-10(8-12(14)15)16(2)11-4-7-17-13(9-11)5-3-6-13/h10-11H,3-9H2,1-2H3,(H3,14,15). The molecule has 0 aromatic heterocycles. The second-order valence-electron chi connectivity index (χ2n) is 5.78. The lowest BCUT2D eigenvalue weighted by atomic mass is 9.73. The summed E-state index contributed by atoms with van der Waals surface area (Å²) in [6, 6.07) is 0.950. The van der Waals surface area contributed by atoms with Crippen molar-refractivity contribution in [2.24, 2.45) is 5.73 Å². The van der Waals surface area contributed by atoms with Crippen LogP contribution in [0.2, 0.25) is 0 Å². The van der Waals surface area contributed by atoms with E-state index in [1.54, 1.807) is 0 Å². The molecule has 17 heavy (non-hydrogen) atoms. The van der Waals surface area contributed by atoms with Crippen molar-refractivity contribution in [3.05, 3.63) is 0 Å². The highest BCUT2D eigenvalue weighted by molar-refractivity contribution is 5.77. The summed E-state index contributed by atoms with van der Waals surface area (Å²) in [5, 5.41) is 7.38. The molecular weight excluding hydrogens is 214 g/mol. The summed E-state index contributed by atoms with van der Waals surface area (Å²) in [5.41, 5.74) is 5.68. The number of hydrogen-bond acceptors (Lipinski definition) is 3. The first kappa shape index (κ1) is 12.8. The van der Waals surface area contributed by atoms with Gasteiger partial charge in [-0.2, -0.15) is 0 Å². The number of hydrogen-bond donors (Lipinski definition) is 2. The average molecular weight is 239 g/mol. The van der Waals surface area contributed by atoms with E-state index in [4.69, 9.17) is 15.9 Å². The zero-order chi connectivity index (χ0) is 12.5. The van der Waals surface area contributed by atoms with Crippen molar-refractivity contribution in [2.75, 3.05) is 13.7 Å². The topological polar surface area (TPSA) is 62.3 Å². The maximum atomic E-state index is 7.38. The highest BCUT2D eigenvalue weighted by atomic mass is 16.5. The van der Waals surface area contributed by atoms with Gasteiger partial charge in [-0.3, -0.25) is 5.41 Å². The zero-order valence-electron chi connectivity index (χ0n) is 11.0. The third-order valence-electron chi connectivity index (χ3n) is 4.52. The second-order valence-corrected chi connectivity index (χ2v) is 5.78. The lowest BCUT2D eigenvalue weighted by molar-refractivity contribution is -0.149. The van der Waals surface area contributed by atoms with Crippen molar-refractivity contribution in [1.29, 1.82) is 5.41 Å². The molecule has 0 aromatic rings. The Hall–Kier alpha value is -0.610. The third kappa shape index (κ3) is 2.80. The molecule has 1 aliphatic carbocycles. The minimum atomic E-state index is 0.202. The molecule has 0 aromatic carbocycles. The molecule has 0 radical (unpaired) electrons. The first-order chi connectivity index (χ1) is 8.02. The van der Waals surface area contributed by atoms with E-state index in [9.17, 15) is 0 Å². The van der Waals surface area contributed by atoms with E-state index in [0.717, 1.165) is 19.4 Å². The molecule has 0 amide bonds. The monoisotopic (exact) mass is 239 g/mol. The zero-order valence-corrected chi connectivity index (χ0v) is 11.0. The maximum absolute atomic E-state index is 7.38. The number of amidine groups is 1. The average Bonchev–Trinajstić information content (AvgIpc) is 2.25. The van der Waals surface area contributed by atoms with Gasteiger partial charge in [0.15, 0.2) is 0 Å². The Kier molecular flexibility index (Phi) is 3.73. The smallest absolute Gasteiger partial charge is 0.0920 e. The molecule has 2 atom stereocenters. The molecule has 2 fully saturated rings. The van der Waals surface area contributed by atoms with Gasteiger partial charge in [-0.15, -0.1) is 0 Å². The summed E-state index contributed by atoms with van der Waals surface area (Å²) in [6.07, 6.45) is 6.73. The normalized spacial score (nSPS) is 29.0. The highest BCUT2D eigenvalue weighted by Crippen LogP contribution is 2.43. The maximum Gasteiger partial charge on any atom is 0.0920 e. The van der Waals surface area contributed by atoms with Crippen LogP contribution in [0.15, 0.2) is 0 Å². The number of ether oxygens (including phenoxy) is 1. The first-order valence-corrected chi connectivity index (χ1v) is 6.71. The van der Waals surface area contributed by atoms with Gasteiger partial charge in [0.25, 0.3) is 0 Å². The fourth-order valence-electron chi connectivity index (χ4n) is 3.09. The van der Waals surface area contributed by atoms with Crippen molar-refractivity contribution in [1.82, 2.24) is 4.90 Å². The Morgan fingerprint density at radius 2 is 2.29 bits per heavy atom. The van der Waals surface area contributed by atoms with Gasteiger partial charge in [-0.1, -0.05) is 0 Å². The minimum Gasteiger partial charge on any atom is -0.388 e. The number of nitrogens with zero attached hydrogens (tertiary/aromatic N) is 1. The Bertz CT molecular complexity index is 288. The molecule has 1 aliphatic heterocycles. The quantitative estimate of drug-likeness (QED) is 0.580. The van der Waals surface area contributed by atoms with Gasteiger partial charge in [-0.25, -0.2) is 0 Å². The van der Waals surface area contributed by atoms with Crippen LogP contribution < -0.4 is 5.73 Å². The Morgan fingerprint density at radius 1 is 1.59 bits per heavy atom. The summed E-state index contributed by atoms with van der Waals surface area (Å²) in [6.45, 7) is 3.05. The van der Waals surface area contributed by atoms with Crippen LogP contribution in [-0.4, -0.2) is 42.1 Å². The van der Waals surface area contributed by atoms with Gasteiger partial charge in [0.1, 0.15) is 0 Å². The minimum absolute atomic E-state index is 0.202. The molecule has 4 nitrogen and oxygen atoms in total. The molecule has 1 saturated heterocycles. The van der Waals surface area contributed by atoms with Crippen LogP contribution in [0.25, 0.3) is 0 Å². The molecule has 3 N–H and O–H groups in total. The van der Waals surface area contributed by atoms with Crippen molar-refractivity contribution >= 4 is 5.84 Å². The van der Waals surface area contributed by atoms with Gasteiger partial charge in [0, 0.05) is 25.1 Å². The van der Waals surface area contributed by atoms with Crippen molar-refractivity contribution in [3.8, 4) is 0 Å². The lowest BCUT2D eigenvalue weighted by Gasteiger charge is -2.50. The van der Waals surface area contributed by atoms with Gasteiger partial charge in [-0.05, 0) is 46.1 Å². The molecule has 1 saturated carbocycles. The van der Waals surface area contributed by atoms with Gasteiger partial charge in [0.05, 0.1) is 11.4 Å². The molecule has 2 rings (SSSR count). The Morgan fingerprint density at radius 3 is 2.82 bits per heavy atom. The summed E-state index contributed by atoms with van der Waals surface area (Å²) >= 11 is 0. The van der Waals surface area contributed by atoms with Crippen molar-refractivity contribution < 1.29 is 4.74 Å². The fourth-order valence-corrected chi connectivity index (χ4v) is 3.09.